The van der Waals surface area contributed by atoms with Crippen molar-refractivity contribution < 1.29 is 4.39 Å². The minimum absolute atomic E-state index is 0.251. The fourth-order valence-corrected chi connectivity index (χ4v) is 3.11. The highest BCUT2D eigenvalue weighted by Crippen LogP contribution is 2.29. The molecule has 1 saturated carbocycles. The lowest BCUT2D eigenvalue weighted by Gasteiger charge is -2.34. The topological polar surface area (TPSA) is 29.3 Å². The molecule has 1 aromatic carbocycles. The zero-order chi connectivity index (χ0) is 13.8. The maximum atomic E-state index is 13.9. The van der Waals surface area contributed by atoms with E-state index in [1.807, 2.05) is 12.1 Å². The number of nitrogens with two attached hydrogens (primary N) is 1. The zero-order valence-electron chi connectivity index (χ0n) is 12.0. The first-order chi connectivity index (χ1) is 9.11. The van der Waals surface area contributed by atoms with Crippen LogP contribution in [-0.2, 0) is 6.54 Å². The molecule has 1 aliphatic carbocycles. The van der Waals surface area contributed by atoms with Crippen molar-refractivity contribution in [3.05, 3.63) is 29.6 Å². The average molecular weight is 264 g/mol. The first-order valence-electron chi connectivity index (χ1n) is 7.35. The van der Waals surface area contributed by atoms with Gasteiger partial charge in [0.05, 0.1) is 5.69 Å². The van der Waals surface area contributed by atoms with Gasteiger partial charge < -0.3 is 5.73 Å². The number of hydrogen-bond acceptors (Lipinski definition) is 2. The van der Waals surface area contributed by atoms with Crippen molar-refractivity contribution in [2.24, 2.45) is 5.92 Å². The number of rotatable bonds is 4. The van der Waals surface area contributed by atoms with E-state index in [1.165, 1.54) is 32.1 Å². The Labute approximate surface area is 115 Å². The van der Waals surface area contributed by atoms with Crippen molar-refractivity contribution in [1.82, 2.24) is 4.90 Å². The van der Waals surface area contributed by atoms with Gasteiger partial charge in [-0.2, -0.15) is 0 Å². The van der Waals surface area contributed by atoms with E-state index in [0.717, 1.165) is 5.92 Å². The number of halogens is 1. The van der Waals surface area contributed by atoms with Gasteiger partial charge in [-0.1, -0.05) is 25.5 Å². The van der Waals surface area contributed by atoms with Crippen LogP contribution >= 0.6 is 0 Å². The van der Waals surface area contributed by atoms with E-state index >= 15 is 0 Å². The highest BCUT2D eigenvalue weighted by molar-refractivity contribution is 5.42. The summed E-state index contributed by atoms with van der Waals surface area (Å²) in [4.78, 5) is 2.28. The van der Waals surface area contributed by atoms with Gasteiger partial charge in [-0.3, -0.25) is 4.90 Å². The number of hydrogen-bond donors (Lipinski definition) is 1. The summed E-state index contributed by atoms with van der Waals surface area (Å²) in [5.41, 5.74) is 6.58. The van der Waals surface area contributed by atoms with Crippen LogP contribution in [0, 0.1) is 11.7 Å². The Hall–Kier alpha value is -1.09. The second kappa shape index (κ2) is 6.38. The van der Waals surface area contributed by atoms with Gasteiger partial charge >= 0.3 is 0 Å². The van der Waals surface area contributed by atoms with Gasteiger partial charge in [0, 0.05) is 18.2 Å². The number of nitrogen functional groups attached to an aromatic ring is 1. The standard InChI is InChI=1S/C16H25FN2/c1-3-12-7-9-14(10-8-12)19(2)11-13-5-4-6-15(18)16(13)17/h4-6,12,14H,3,7-11,18H2,1-2H3. The van der Waals surface area contributed by atoms with Crippen LogP contribution in [0.1, 0.15) is 44.6 Å². The molecule has 0 spiro atoms. The smallest absolute Gasteiger partial charge is 0.150 e. The molecule has 3 heteroatoms. The normalized spacial score (nSPS) is 23.8. The van der Waals surface area contributed by atoms with Gasteiger partial charge in [0.1, 0.15) is 0 Å². The average Bonchev–Trinajstić information content (AvgIpc) is 2.44. The van der Waals surface area contributed by atoms with Gasteiger partial charge in [-0.15, -0.1) is 0 Å². The van der Waals surface area contributed by atoms with Crippen LogP contribution in [0.25, 0.3) is 0 Å². The zero-order valence-corrected chi connectivity index (χ0v) is 12.0. The predicted octanol–water partition coefficient (Wildman–Crippen LogP) is 3.81. The molecule has 0 amide bonds. The molecule has 19 heavy (non-hydrogen) atoms. The molecule has 2 N–H and O–H groups in total. The van der Waals surface area contributed by atoms with E-state index in [2.05, 4.69) is 18.9 Å². The second-order valence-electron chi connectivity index (χ2n) is 5.82. The lowest BCUT2D eigenvalue weighted by atomic mass is 9.84. The summed E-state index contributed by atoms with van der Waals surface area (Å²) in [6.45, 7) is 2.93. The van der Waals surface area contributed by atoms with Crippen LogP contribution in [0.4, 0.5) is 10.1 Å². The van der Waals surface area contributed by atoms with Crippen LogP contribution in [0.2, 0.25) is 0 Å². The molecular weight excluding hydrogens is 239 g/mol. The third-order valence-electron chi connectivity index (χ3n) is 4.55. The van der Waals surface area contributed by atoms with E-state index in [1.54, 1.807) is 6.07 Å². The quantitative estimate of drug-likeness (QED) is 0.838. The third kappa shape index (κ3) is 3.47. The van der Waals surface area contributed by atoms with E-state index in [9.17, 15) is 4.39 Å². The minimum atomic E-state index is -0.253. The number of benzene rings is 1. The van der Waals surface area contributed by atoms with Crippen molar-refractivity contribution in [3.8, 4) is 0 Å². The minimum Gasteiger partial charge on any atom is -0.396 e. The molecule has 0 heterocycles. The summed E-state index contributed by atoms with van der Waals surface area (Å²) in [5, 5.41) is 0. The summed E-state index contributed by atoms with van der Waals surface area (Å²) < 4.78 is 13.9. The molecule has 0 saturated heterocycles. The molecule has 1 aliphatic rings. The van der Waals surface area contributed by atoms with Gasteiger partial charge in [0.2, 0.25) is 0 Å². The Bertz CT molecular complexity index is 411. The first kappa shape index (κ1) is 14.3. The molecule has 2 rings (SSSR count). The lowest BCUT2D eigenvalue weighted by molar-refractivity contribution is 0.156. The monoisotopic (exact) mass is 264 g/mol. The van der Waals surface area contributed by atoms with Crippen LogP contribution in [0.15, 0.2) is 18.2 Å². The van der Waals surface area contributed by atoms with Crippen molar-refractivity contribution in [2.75, 3.05) is 12.8 Å². The van der Waals surface area contributed by atoms with Crippen molar-refractivity contribution in [3.63, 3.8) is 0 Å². The lowest BCUT2D eigenvalue weighted by Crippen LogP contribution is -2.34. The molecule has 0 unspecified atom stereocenters. The molecule has 0 bridgehead atoms. The molecule has 106 valence electrons. The summed E-state index contributed by atoms with van der Waals surface area (Å²) >= 11 is 0. The molecule has 2 nitrogen and oxygen atoms in total. The number of nitrogens with zero attached hydrogens (tertiary/aromatic N) is 1. The van der Waals surface area contributed by atoms with Crippen molar-refractivity contribution in [2.45, 2.75) is 51.6 Å². The first-order valence-corrected chi connectivity index (χ1v) is 7.35. The number of anilines is 1. The summed E-state index contributed by atoms with van der Waals surface area (Å²) in [6.07, 6.45) is 6.38. The Morgan fingerprint density at radius 2 is 1.95 bits per heavy atom. The van der Waals surface area contributed by atoms with E-state index < -0.39 is 0 Å². The van der Waals surface area contributed by atoms with E-state index in [-0.39, 0.29) is 11.5 Å². The van der Waals surface area contributed by atoms with Crippen molar-refractivity contribution >= 4 is 5.69 Å². The molecule has 0 radical (unpaired) electrons. The highest BCUT2D eigenvalue weighted by Gasteiger charge is 2.23. The van der Waals surface area contributed by atoms with E-state index in [0.29, 0.717) is 18.2 Å². The largest absolute Gasteiger partial charge is 0.396 e. The summed E-state index contributed by atoms with van der Waals surface area (Å²) in [5.74, 6) is 0.644. The molecular formula is C16H25FN2. The maximum absolute atomic E-state index is 13.9. The molecule has 0 atom stereocenters. The van der Waals surface area contributed by atoms with E-state index in [4.69, 9.17) is 5.73 Å². The predicted molar refractivity (Wildman–Crippen MR) is 78.3 cm³/mol. The van der Waals surface area contributed by atoms with Crippen LogP contribution in [0.5, 0.6) is 0 Å². The maximum Gasteiger partial charge on any atom is 0.150 e. The van der Waals surface area contributed by atoms with Gasteiger partial charge in [-0.05, 0) is 44.7 Å². The fourth-order valence-electron chi connectivity index (χ4n) is 3.11. The SMILES string of the molecule is CCC1CCC(N(C)Cc2cccc(N)c2F)CC1. The summed E-state index contributed by atoms with van der Waals surface area (Å²) in [7, 11) is 2.10. The highest BCUT2D eigenvalue weighted by atomic mass is 19.1. The second-order valence-corrected chi connectivity index (χ2v) is 5.82. The molecule has 0 aliphatic heterocycles. The molecule has 1 fully saturated rings. The Morgan fingerprint density at radius 1 is 1.26 bits per heavy atom. The van der Waals surface area contributed by atoms with Crippen molar-refractivity contribution in [1.29, 1.82) is 0 Å². The Morgan fingerprint density at radius 3 is 2.58 bits per heavy atom. The third-order valence-corrected chi connectivity index (χ3v) is 4.55. The Kier molecular flexibility index (Phi) is 4.81. The Balaban J connectivity index is 1.94. The fraction of sp³-hybridized carbons (Fsp3) is 0.625. The van der Waals surface area contributed by atoms with Gasteiger partial charge in [0.25, 0.3) is 0 Å². The van der Waals surface area contributed by atoms with Crippen LogP contribution in [0.3, 0.4) is 0 Å². The van der Waals surface area contributed by atoms with Crippen LogP contribution < -0.4 is 5.73 Å². The van der Waals surface area contributed by atoms with Gasteiger partial charge in [-0.25, -0.2) is 4.39 Å². The van der Waals surface area contributed by atoms with Crippen LogP contribution in [-0.4, -0.2) is 18.0 Å². The van der Waals surface area contributed by atoms with Gasteiger partial charge in [0.15, 0.2) is 5.82 Å². The molecule has 0 aromatic heterocycles. The molecule has 1 aromatic rings. The summed E-state index contributed by atoms with van der Waals surface area (Å²) in [6, 6.07) is 5.87.